The highest BCUT2D eigenvalue weighted by molar-refractivity contribution is 7.99. The highest BCUT2D eigenvalue weighted by Crippen LogP contribution is 2.25. The van der Waals surface area contributed by atoms with Gasteiger partial charge in [0, 0.05) is 16.4 Å². The lowest BCUT2D eigenvalue weighted by atomic mass is 10.3. The Balaban J connectivity index is 1.57. The number of para-hydroxylation sites is 1. The molecule has 0 saturated heterocycles. The number of nitrogens with one attached hydrogen (secondary N) is 1. The van der Waals surface area contributed by atoms with Crippen LogP contribution in [-0.4, -0.2) is 34.8 Å². The van der Waals surface area contributed by atoms with Crippen LogP contribution in [0.3, 0.4) is 0 Å². The minimum atomic E-state index is -3.63. The Morgan fingerprint density at radius 3 is 2.33 bits per heavy atom. The molecule has 7 nitrogen and oxygen atoms in total. The highest BCUT2D eigenvalue weighted by atomic mass is 35.5. The molecular weight excluding hydrogens is 480 g/mol. The van der Waals surface area contributed by atoms with Gasteiger partial charge in [0.2, 0.25) is 5.91 Å². The van der Waals surface area contributed by atoms with Crippen molar-refractivity contribution in [3.05, 3.63) is 95.8 Å². The van der Waals surface area contributed by atoms with Crippen LogP contribution >= 0.6 is 23.4 Å². The van der Waals surface area contributed by atoms with Crippen molar-refractivity contribution in [2.75, 3.05) is 11.1 Å². The molecule has 0 aliphatic rings. The summed E-state index contributed by atoms with van der Waals surface area (Å²) in [5.74, 6) is -0.247. The maximum atomic E-state index is 12.9. The van der Waals surface area contributed by atoms with Gasteiger partial charge in [-0.3, -0.25) is 9.36 Å². The van der Waals surface area contributed by atoms with E-state index in [1.165, 1.54) is 11.8 Å². The van der Waals surface area contributed by atoms with Crippen LogP contribution in [0.2, 0.25) is 5.02 Å². The van der Waals surface area contributed by atoms with Gasteiger partial charge in [0.25, 0.3) is 0 Å². The Labute approximate surface area is 200 Å². The molecule has 168 valence electrons. The van der Waals surface area contributed by atoms with Gasteiger partial charge in [-0.2, -0.15) is 0 Å². The first-order chi connectivity index (χ1) is 15.9. The van der Waals surface area contributed by atoms with Gasteiger partial charge in [0.1, 0.15) is 5.75 Å². The summed E-state index contributed by atoms with van der Waals surface area (Å²) in [5.41, 5.74) is 1.30. The van der Waals surface area contributed by atoms with Crippen molar-refractivity contribution >= 4 is 44.8 Å². The van der Waals surface area contributed by atoms with Crippen LogP contribution in [0.15, 0.2) is 95.0 Å². The molecule has 0 saturated carbocycles. The van der Waals surface area contributed by atoms with Gasteiger partial charge in [-0.25, -0.2) is 8.42 Å². The van der Waals surface area contributed by atoms with Crippen molar-refractivity contribution in [1.29, 1.82) is 0 Å². The molecule has 1 aromatic heterocycles. The first-order valence-corrected chi connectivity index (χ1v) is 12.9. The quantitative estimate of drug-likeness (QED) is 0.356. The number of rotatable bonds is 8. The molecule has 0 atom stereocenters. The minimum absolute atomic E-state index is 0.0584. The van der Waals surface area contributed by atoms with Gasteiger partial charge in [-0.05, 0) is 42.5 Å². The van der Waals surface area contributed by atoms with Gasteiger partial charge in [-0.15, -0.1) is 10.2 Å². The van der Waals surface area contributed by atoms with Crippen molar-refractivity contribution < 1.29 is 13.2 Å². The average molecular weight is 499 g/mol. The smallest absolute Gasteiger partial charge is 0.234 e. The summed E-state index contributed by atoms with van der Waals surface area (Å²) in [6.45, 7) is 0. The number of anilines is 1. The van der Waals surface area contributed by atoms with Crippen molar-refractivity contribution in [2.45, 2.75) is 15.8 Å². The van der Waals surface area contributed by atoms with Crippen LogP contribution in [0.25, 0.3) is 5.69 Å². The van der Waals surface area contributed by atoms with Crippen molar-refractivity contribution in [3.8, 4) is 5.69 Å². The van der Waals surface area contributed by atoms with E-state index in [1.807, 2.05) is 30.3 Å². The number of benzene rings is 3. The fraction of sp³-hybridized carbons (Fsp3) is 0.0870. The molecule has 0 unspecified atom stereocenters. The molecule has 0 aliphatic heterocycles. The molecule has 3 aromatic carbocycles. The zero-order chi connectivity index (χ0) is 23.3. The Morgan fingerprint density at radius 1 is 0.939 bits per heavy atom. The standard InChI is InChI=1S/C23H19ClN4O3S2/c24-17-8-7-9-18(14-17)25-22(29)15-32-23-27-26-21(28(23)19-10-3-1-4-11-19)16-33(30,31)20-12-5-2-6-13-20/h1-14H,15-16H2,(H,25,29). The van der Waals surface area contributed by atoms with E-state index in [1.54, 1.807) is 59.2 Å². The van der Waals surface area contributed by atoms with Crippen LogP contribution in [0.1, 0.15) is 5.82 Å². The van der Waals surface area contributed by atoms with Crippen molar-refractivity contribution in [3.63, 3.8) is 0 Å². The van der Waals surface area contributed by atoms with E-state index >= 15 is 0 Å². The second-order valence-electron chi connectivity index (χ2n) is 6.99. The summed E-state index contributed by atoms with van der Waals surface area (Å²) in [5, 5.41) is 12.0. The third-order valence-corrected chi connectivity index (χ3v) is 7.37. The number of thioether (sulfide) groups is 1. The number of carbonyl (C=O) groups excluding carboxylic acids is 1. The number of hydrogen-bond acceptors (Lipinski definition) is 6. The number of carbonyl (C=O) groups is 1. The lowest BCUT2D eigenvalue weighted by Crippen LogP contribution is -2.15. The number of hydrogen-bond donors (Lipinski definition) is 1. The molecule has 4 aromatic rings. The molecule has 1 heterocycles. The average Bonchev–Trinajstić information content (AvgIpc) is 3.20. The van der Waals surface area contributed by atoms with Crippen LogP contribution in [0, 0.1) is 0 Å². The number of sulfone groups is 1. The number of aromatic nitrogens is 3. The maximum absolute atomic E-state index is 12.9. The summed E-state index contributed by atoms with van der Waals surface area (Å²) < 4.78 is 27.5. The second kappa shape index (κ2) is 10.2. The van der Waals surface area contributed by atoms with Gasteiger partial charge in [0.15, 0.2) is 20.8 Å². The van der Waals surface area contributed by atoms with Crippen molar-refractivity contribution in [1.82, 2.24) is 14.8 Å². The molecule has 4 rings (SSSR count). The molecule has 0 radical (unpaired) electrons. The molecule has 0 bridgehead atoms. The number of halogens is 1. The summed E-state index contributed by atoms with van der Waals surface area (Å²) in [6.07, 6.45) is 0. The minimum Gasteiger partial charge on any atom is -0.325 e. The Kier molecular flexibility index (Phi) is 7.12. The Hall–Kier alpha value is -3.14. The summed E-state index contributed by atoms with van der Waals surface area (Å²) >= 11 is 7.13. The van der Waals surface area contributed by atoms with E-state index in [9.17, 15) is 13.2 Å². The summed E-state index contributed by atoms with van der Waals surface area (Å²) in [4.78, 5) is 12.6. The van der Waals surface area contributed by atoms with Crippen LogP contribution in [0.5, 0.6) is 0 Å². The maximum Gasteiger partial charge on any atom is 0.234 e. The number of amides is 1. The number of nitrogens with zero attached hydrogens (tertiary/aromatic N) is 3. The van der Waals surface area contributed by atoms with E-state index in [2.05, 4.69) is 15.5 Å². The van der Waals surface area contributed by atoms with E-state index in [0.29, 0.717) is 21.6 Å². The fourth-order valence-corrected chi connectivity index (χ4v) is 5.32. The highest BCUT2D eigenvalue weighted by Gasteiger charge is 2.23. The lowest BCUT2D eigenvalue weighted by Gasteiger charge is -2.11. The predicted molar refractivity (Wildman–Crippen MR) is 129 cm³/mol. The van der Waals surface area contributed by atoms with Gasteiger partial charge >= 0.3 is 0 Å². The third-order valence-electron chi connectivity index (χ3n) is 4.58. The Morgan fingerprint density at radius 2 is 1.64 bits per heavy atom. The van der Waals surface area contributed by atoms with E-state index in [-0.39, 0.29) is 28.1 Å². The monoisotopic (exact) mass is 498 g/mol. The molecule has 0 aliphatic carbocycles. The zero-order valence-electron chi connectivity index (χ0n) is 17.3. The fourth-order valence-electron chi connectivity index (χ4n) is 3.10. The molecule has 1 amide bonds. The molecular formula is C23H19ClN4O3S2. The van der Waals surface area contributed by atoms with Crippen LogP contribution < -0.4 is 5.32 Å². The second-order valence-corrected chi connectivity index (χ2v) is 10.4. The SMILES string of the molecule is O=C(CSc1nnc(CS(=O)(=O)c2ccccc2)n1-c1ccccc1)Nc1cccc(Cl)c1. The van der Waals surface area contributed by atoms with Crippen LogP contribution in [0.4, 0.5) is 5.69 Å². The topological polar surface area (TPSA) is 94.0 Å². The third kappa shape index (κ3) is 5.81. The summed E-state index contributed by atoms with van der Waals surface area (Å²) in [6, 6.07) is 24.3. The van der Waals surface area contributed by atoms with Crippen LogP contribution in [-0.2, 0) is 20.4 Å². The van der Waals surface area contributed by atoms with Gasteiger partial charge in [0.05, 0.1) is 10.6 Å². The Bertz CT molecular complexity index is 1360. The van der Waals surface area contributed by atoms with E-state index < -0.39 is 9.84 Å². The predicted octanol–water partition coefficient (Wildman–Crippen LogP) is 4.63. The zero-order valence-corrected chi connectivity index (χ0v) is 19.6. The van der Waals surface area contributed by atoms with Gasteiger partial charge in [-0.1, -0.05) is 65.8 Å². The molecule has 1 N–H and O–H groups in total. The molecule has 0 fully saturated rings. The first kappa shape index (κ1) is 23.0. The van der Waals surface area contributed by atoms with E-state index in [0.717, 1.165) is 0 Å². The normalized spacial score (nSPS) is 11.3. The van der Waals surface area contributed by atoms with Crippen molar-refractivity contribution in [2.24, 2.45) is 0 Å². The first-order valence-electron chi connectivity index (χ1n) is 9.88. The van der Waals surface area contributed by atoms with E-state index in [4.69, 9.17) is 11.6 Å². The lowest BCUT2D eigenvalue weighted by molar-refractivity contribution is -0.113. The molecule has 33 heavy (non-hydrogen) atoms. The molecule has 0 spiro atoms. The molecule has 10 heteroatoms. The van der Waals surface area contributed by atoms with Gasteiger partial charge < -0.3 is 5.32 Å². The summed E-state index contributed by atoms with van der Waals surface area (Å²) in [7, 11) is -3.63. The largest absolute Gasteiger partial charge is 0.325 e.